The summed E-state index contributed by atoms with van der Waals surface area (Å²) in [6.07, 6.45) is 17.2. The third-order valence-electron chi connectivity index (χ3n) is 8.91. The molecule has 0 spiro atoms. The van der Waals surface area contributed by atoms with Gasteiger partial charge >= 0.3 is 0 Å². The molecule has 0 aliphatic heterocycles. The number of rotatable bonds is 18. The van der Waals surface area contributed by atoms with Crippen molar-refractivity contribution < 1.29 is 0 Å². The van der Waals surface area contributed by atoms with Gasteiger partial charge in [-0.15, -0.1) is 22.7 Å². The molecular weight excluding hydrogens is 539 g/mol. The molecule has 3 aromatic heterocycles. The third kappa shape index (κ3) is 8.54. The van der Waals surface area contributed by atoms with Gasteiger partial charge < -0.3 is 0 Å². The minimum absolute atomic E-state index is 0.230. The first kappa shape index (κ1) is 31.9. The Morgan fingerprint density at radius 1 is 0.683 bits per heavy atom. The second-order valence-electron chi connectivity index (χ2n) is 12.7. The highest BCUT2D eigenvalue weighted by Gasteiger charge is 2.21. The van der Waals surface area contributed by atoms with Crippen LogP contribution in [-0.2, 0) is 12.0 Å². The van der Waals surface area contributed by atoms with Gasteiger partial charge in [-0.05, 0) is 67.3 Å². The lowest BCUT2D eigenvalue weighted by atomic mass is 9.89. The highest BCUT2D eigenvalue weighted by atomic mass is 32.1. The summed E-state index contributed by atoms with van der Waals surface area (Å²) < 4.78 is 0. The van der Waals surface area contributed by atoms with Crippen molar-refractivity contribution in [1.29, 1.82) is 0 Å². The van der Waals surface area contributed by atoms with E-state index >= 15 is 0 Å². The zero-order chi connectivity index (χ0) is 29.2. The van der Waals surface area contributed by atoms with Crippen molar-refractivity contribution in [1.82, 2.24) is 15.0 Å². The van der Waals surface area contributed by atoms with E-state index in [4.69, 9.17) is 10.2 Å². The summed E-state index contributed by atoms with van der Waals surface area (Å²) in [4.78, 5) is 7.50. The van der Waals surface area contributed by atoms with Crippen molar-refractivity contribution in [3.8, 4) is 20.2 Å². The van der Waals surface area contributed by atoms with Crippen molar-refractivity contribution in [2.24, 2.45) is 5.92 Å². The molecule has 1 aromatic carbocycles. The molecule has 224 valence electrons. The van der Waals surface area contributed by atoms with Crippen molar-refractivity contribution in [3.05, 3.63) is 46.8 Å². The fourth-order valence-corrected chi connectivity index (χ4v) is 8.00. The normalized spacial score (nSPS) is 12.9. The summed E-state index contributed by atoms with van der Waals surface area (Å²) in [5, 5.41) is 10.2. The first-order valence-electron chi connectivity index (χ1n) is 16.4. The maximum absolute atomic E-state index is 5.15. The van der Waals surface area contributed by atoms with Crippen LogP contribution in [-0.4, -0.2) is 15.0 Å². The second-order valence-corrected chi connectivity index (χ2v) is 14.9. The lowest BCUT2D eigenvalue weighted by Gasteiger charge is -2.20. The Morgan fingerprint density at radius 2 is 1.27 bits per heavy atom. The van der Waals surface area contributed by atoms with Crippen molar-refractivity contribution in [2.45, 2.75) is 137 Å². The molecule has 3 heterocycles. The van der Waals surface area contributed by atoms with Crippen molar-refractivity contribution >= 4 is 33.7 Å². The number of benzene rings is 1. The van der Waals surface area contributed by atoms with Gasteiger partial charge in [0.25, 0.3) is 0 Å². The van der Waals surface area contributed by atoms with Crippen LogP contribution in [0.25, 0.3) is 31.2 Å². The molecule has 41 heavy (non-hydrogen) atoms. The van der Waals surface area contributed by atoms with Gasteiger partial charge in [0, 0.05) is 25.1 Å². The predicted molar refractivity (Wildman–Crippen MR) is 182 cm³/mol. The molecule has 0 radical (unpaired) electrons. The number of unbranched alkanes of at least 4 members (excludes halogenated alkanes) is 8. The van der Waals surface area contributed by atoms with Crippen LogP contribution in [0.1, 0.15) is 129 Å². The number of thiophene rings is 2. The first-order chi connectivity index (χ1) is 19.9. The van der Waals surface area contributed by atoms with E-state index in [1.807, 2.05) is 27.5 Å². The minimum atomic E-state index is 0.230. The number of aromatic nitrogens is 3. The topological polar surface area (TPSA) is 30.7 Å². The van der Waals surface area contributed by atoms with Crippen LogP contribution in [0.5, 0.6) is 0 Å². The summed E-state index contributed by atoms with van der Waals surface area (Å²) in [6.45, 7) is 14.7. The lowest BCUT2D eigenvalue weighted by Crippen LogP contribution is -2.13. The van der Waals surface area contributed by atoms with Gasteiger partial charge in [-0.3, -0.25) is 0 Å². The summed E-state index contributed by atoms with van der Waals surface area (Å²) in [5.74, 6) is 0.664. The highest BCUT2D eigenvalue weighted by molar-refractivity contribution is 7.24. The van der Waals surface area contributed by atoms with Gasteiger partial charge in [-0.2, -0.15) is 15.0 Å². The molecule has 5 heteroatoms. The van der Waals surface area contributed by atoms with Gasteiger partial charge in [0.2, 0.25) is 0 Å². The van der Waals surface area contributed by atoms with Crippen LogP contribution in [0, 0.1) is 12.8 Å². The molecule has 4 rings (SSSR count). The first-order valence-corrected chi connectivity index (χ1v) is 18.0. The minimum Gasteiger partial charge on any atom is -0.183 e. The van der Waals surface area contributed by atoms with Gasteiger partial charge in [-0.25, -0.2) is 0 Å². The summed E-state index contributed by atoms with van der Waals surface area (Å²) in [7, 11) is 0. The van der Waals surface area contributed by atoms with E-state index in [9.17, 15) is 0 Å². The van der Waals surface area contributed by atoms with Crippen LogP contribution in [0.2, 0.25) is 0 Å². The Labute approximate surface area is 257 Å². The number of fused-ring (bicyclic) bond motifs is 1. The van der Waals surface area contributed by atoms with Crippen molar-refractivity contribution in [2.75, 3.05) is 0 Å². The SMILES string of the molecule is CCCCCCCCC(CCCCCC)Cn1nc2c(C)ccc(-c3ccc(-c4ccc(C(C)(C)CC)s4)s3)c2n1. The molecule has 0 saturated heterocycles. The fraction of sp³-hybridized carbons (Fsp3) is 0.611. The molecule has 0 N–H and O–H groups in total. The standard InChI is InChI=1S/C36H53N3S2/c1-7-10-12-14-15-17-19-28(18-16-13-11-8-2)26-39-37-34-27(4)20-21-29(35(34)38-39)30-22-23-31(40-30)32-24-25-33(41-32)36(5,6)9-3/h20-25,28H,7-19,26H2,1-6H3. The smallest absolute Gasteiger partial charge is 0.122 e. The molecule has 0 saturated carbocycles. The maximum Gasteiger partial charge on any atom is 0.122 e. The molecule has 1 atom stereocenters. The molecule has 0 aliphatic rings. The van der Waals surface area contributed by atoms with Gasteiger partial charge in [0.1, 0.15) is 11.0 Å². The summed E-state index contributed by atoms with van der Waals surface area (Å²) >= 11 is 3.83. The molecule has 1 unspecified atom stereocenters. The quantitative estimate of drug-likeness (QED) is 0.108. The van der Waals surface area contributed by atoms with Crippen LogP contribution in [0.15, 0.2) is 36.4 Å². The van der Waals surface area contributed by atoms with Crippen LogP contribution >= 0.6 is 22.7 Å². The predicted octanol–water partition coefficient (Wildman–Crippen LogP) is 12.2. The van der Waals surface area contributed by atoms with Gasteiger partial charge in [-0.1, -0.05) is 111 Å². The Hall–Kier alpha value is -1.98. The average molecular weight is 592 g/mol. The zero-order valence-electron chi connectivity index (χ0n) is 26.6. The van der Waals surface area contributed by atoms with Gasteiger partial charge in [0.05, 0.1) is 6.54 Å². The monoisotopic (exact) mass is 591 g/mol. The highest BCUT2D eigenvalue weighted by Crippen LogP contribution is 2.42. The van der Waals surface area contributed by atoms with E-state index in [-0.39, 0.29) is 5.41 Å². The van der Waals surface area contributed by atoms with Crippen molar-refractivity contribution in [3.63, 3.8) is 0 Å². The largest absolute Gasteiger partial charge is 0.183 e. The summed E-state index contributed by atoms with van der Waals surface area (Å²) in [6, 6.07) is 13.7. The molecule has 3 nitrogen and oxygen atoms in total. The Bertz CT molecular complexity index is 1340. The van der Waals surface area contributed by atoms with E-state index in [2.05, 4.69) is 77.9 Å². The van der Waals surface area contributed by atoms with E-state index in [0.29, 0.717) is 5.92 Å². The maximum atomic E-state index is 5.15. The lowest BCUT2D eigenvalue weighted by molar-refractivity contribution is 0.327. The Balaban J connectivity index is 1.51. The van der Waals surface area contributed by atoms with E-state index < -0.39 is 0 Å². The van der Waals surface area contributed by atoms with Crippen LogP contribution in [0.3, 0.4) is 0 Å². The molecule has 0 bridgehead atoms. The molecule has 4 aromatic rings. The molecule has 0 aliphatic carbocycles. The van der Waals surface area contributed by atoms with Crippen LogP contribution < -0.4 is 0 Å². The fourth-order valence-electron chi connectivity index (χ4n) is 5.70. The third-order valence-corrected chi connectivity index (χ3v) is 11.7. The Morgan fingerprint density at radius 3 is 1.98 bits per heavy atom. The number of hydrogen-bond acceptors (Lipinski definition) is 4. The molecule has 0 amide bonds. The zero-order valence-corrected chi connectivity index (χ0v) is 28.2. The number of hydrogen-bond donors (Lipinski definition) is 0. The number of aryl methyl sites for hydroxylation is 1. The molecular formula is C36H53N3S2. The summed E-state index contributed by atoms with van der Waals surface area (Å²) in [5.41, 5.74) is 4.78. The molecule has 0 fully saturated rings. The van der Waals surface area contributed by atoms with E-state index in [1.54, 1.807) is 0 Å². The number of nitrogens with zero attached hydrogens (tertiary/aromatic N) is 3. The average Bonchev–Trinajstić information content (AvgIpc) is 3.73. The van der Waals surface area contributed by atoms with E-state index in [1.165, 1.54) is 108 Å². The second kappa shape index (κ2) is 15.5. The van der Waals surface area contributed by atoms with Gasteiger partial charge in [0.15, 0.2) is 0 Å². The Kier molecular flexibility index (Phi) is 12.1. The van der Waals surface area contributed by atoms with E-state index in [0.717, 1.165) is 24.0 Å². The van der Waals surface area contributed by atoms with Crippen LogP contribution in [0.4, 0.5) is 0 Å².